The summed E-state index contributed by atoms with van der Waals surface area (Å²) < 4.78 is 11.9. The van der Waals surface area contributed by atoms with Crippen LogP contribution in [0.5, 0.6) is 0 Å². The van der Waals surface area contributed by atoms with Gasteiger partial charge in [-0.25, -0.2) is 0 Å². The van der Waals surface area contributed by atoms with Crippen molar-refractivity contribution < 1.29 is 8.85 Å². The predicted octanol–water partition coefficient (Wildman–Crippen LogP) is 4.19. The Balaban J connectivity index is 4.62. The summed E-state index contributed by atoms with van der Waals surface area (Å²) in [7, 11) is -3.12. The Kier molecular flexibility index (Phi) is 5.13. The molecule has 0 saturated heterocycles. The van der Waals surface area contributed by atoms with Crippen LogP contribution in [0, 0.1) is 5.92 Å². The first-order valence-electron chi connectivity index (χ1n) is 5.59. The normalized spacial score (nSPS) is 12.6. The van der Waals surface area contributed by atoms with Crippen LogP contribution in [-0.2, 0) is 8.85 Å². The summed E-state index contributed by atoms with van der Waals surface area (Å²) in [5.41, 5.74) is 0. The van der Waals surface area contributed by atoms with E-state index < -0.39 is 16.6 Å². The molecule has 0 aromatic carbocycles. The van der Waals surface area contributed by atoms with Crippen molar-refractivity contribution >= 4 is 16.6 Å². The van der Waals surface area contributed by atoms with E-state index in [9.17, 15) is 0 Å². The van der Waals surface area contributed by atoms with Crippen LogP contribution in [0.3, 0.4) is 0 Å². The molecule has 0 amide bonds. The molecule has 0 unspecified atom stereocenters. The van der Waals surface area contributed by atoms with Gasteiger partial charge in [0.05, 0.1) is 0 Å². The maximum atomic E-state index is 5.94. The summed E-state index contributed by atoms with van der Waals surface area (Å²) in [4.78, 5) is 0. The Bertz CT molecular complexity index is 204. The Labute approximate surface area is 96.9 Å². The smallest absolute Gasteiger partial charge is 0.247 e. The summed E-state index contributed by atoms with van der Waals surface area (Å²) >= 11 is 0. The summed E-state index contributed by atoms with van der Waals surface area (Å²) in [5.74, 6) is 1.22. The van der Waals surface area contributed by atoms with E-state index >= 15 is 0 Å². The van der Waals surface area contributed by atoms with Crippen LogP contribution in [0.15, 0.2) is 12.0 Å². The number of hydrogen-bond acceptors (Lipinski definition) is 2. The van der Waals surface area contributed by atoms with Gasteiger partial charge in [-0.05, 0) is 51.3 Å². The maximum absolute atomic E-state index is 5.94. The average Bonchev–Trinajstić information content (AvgIpc) is 1.73. The molecule has 0 aliphatic carbocycles. The van der Waals surface area contributed by atoms with Gasteiger partial charge in [0.1, 0.15) is 0 Å². The van der Waals surface area contributed by atoms with Gasteiger partial charge in [0, 0.05) is 0 Å². The first kappa shape index (κ1) is 14.8. The van der Waals surface area contributed by atoms with Gasteiger partial charge in [-0.2, -0.15) is 0 Å². The van der Waals surface area contributed by atoms with E-state index in [1.807, 2.05) is 0 Å². The predicted molar refractivity (Wildman–Crippen MR) is 71.8 cm³/mol. The topological polar surface area (TPSA) is 18.5 Å². The molecule has 0 saturated carbocycles. The molecule has 0 radical (unpaired) electrons. The molecule has 2 nitrogen and oxygen atoms in total. The first-order chi connectivity index (χ1) is 6.49. The third-order valence-corrected chi connectivity index (χ3v) is 2.91. The SMILES string of the molecule is CC(C)C=C(O[Si](C)(C)C)O[Si](C)(C)C. The van der Waals surface area contributed by atoms with Crippen molar-refractivity contribution in [3.63, 3.8) is 0 Å². The Morgan fingerprint density at radius 3 is 1.40 bits per heavy atom. The van der Waals surface area contributed by atoms with Crippen LogP contribution in [-0.4, -0.2) is 16.6 Å². The molecule has 0 fully saturated rings. The number of hydrogen-bond donors (Lipinski definition) is 0. The highest BCUT2D eigenvalue weighted by atomic mass is 28.4. The molecule has 0 aromatic heterocycles. The zero-order chi connectivity index (χ0) is 12.3. The number of rotatable bonds is 5. The molecule has 0 aliphatic rings. The standard InChI is InChI=1S/C11H26O2Si2/c1-10(2)9-11(12-14(3,4)5)13-15(6,7)8/h9-10H,1-8H3. The van der Waals surface area contributed by atoms with Crippen LogP contribution < -0.4 is 0 Å². The van der Waals surface area contributed by atoms with Gasteiger partial charge in [0.25, 0.3) is 0 Å². The summed E-state index contributed by atoms with van der Waals surface area (Å²) in [5, 5.41) is 0. The minimum atomic E-state index is -1.56. The van der Waals surface area contributed by atoms with E-state index in [1.165, 1.54) is 0 Å². The molecule has 0 aliphatic heterocycles. The van der Waals surface area contributed by atoms with Gasteiger partial charge < -0.3 is 8.85 Å². The third-order valence-electron chi connectivity index (χ3n) is 1.28. The van der Waals surface area contributed by atoms with Gasteiger partial charge in [-0.3, -0.25) is 0 Å². The lowest BCUT2D eigenvalue weighted by atomic mass is 10.2. The Morgan fingerprint density at radius 1 is 0.867 bits per heavy atom. The zero-order valence-electron chi connectivity index (χ0n) is 11.5. The van der Waals surface area contributed by atoms with Crippen LogP contribution in [0.4, 0.5) is 0 Å². The van der Waals surface area contributed by atoms with E-state index in [-0.39, 0.29) is 0 Å². The van der Waals surface area contributed by atoms with Crippen molar-refractivity contribution in [2.45, 2.75) is 53.1 Å². The lowest BCUT2D eigenvalue weighted by molar-refractivity contribution is 0.212. The summed E-state index contributed by atoms with van der Waals surface area (Å²) in [6.07, 6.45) is 2.08. The minimum absolute atomic E-state index is 0.465. The maximum Gasteiger partial charge on any atom is 0.247 e. The van der Waals surface area contributed by atoms with Crippen molar-refractivity contribution in [3.05, 3.63) is 12.0 Å². The number of allylic oxidation sites excluding steroid dienone is 1. The fraction of sp³-hybridized carbons (Fsp3) is 0.818. The van der Waals surface area contributed by atoms with E-state index in [0.717, 1.165) is 5.95 Å². The fourth-order valence-corrected chi connectivity index (χ4v) is 2.47. The fourth-order valence-electron chi connectivity index (χ4n) is 0.965. The van der Waals surface area contributed by atoms with Crippen LogP contribution >= 0.6 is 0 Å². The third kappa shape index (κ3) is 10.1. The van der Waals surface area contributed by atoms with Crippen LogP contribution in [0.2, 0.25) is 39.3 Å². The summed E-state index contributed by atoms with van der Waals surface area (Å²) in [6, 6.07) is 0. The average molecular weight is 246 g/mol. The molecule has 90 valence electrons. The van der Waals surface area contributed by atoms with Gasteiger partial charge in [0.2, 0.25) is 22.6 Å². The second kappa shape index (κ2) is 5.21. The van der Waals surface area contributed by atoms with Gasteiger partial charge in [0.15, 0.2) is 0 Å². The van der Waals surface area contributed by atoms with Crippen LogP contribution in [0.1, 0.15) is 13.8 Å². The van der Waals surface area contributed by atoms with Crippen molar-refractivity contribution in [2.24, 2.45) is 5.92 Å². The van der Waals surface area contributed by atoms with Crippen LogP contribution in [0.25, 0.3) is 0 Å². The molecule has 0 heterocycles. The van der Waals surface area contributed by atoms with Gasteiger partial charge >= 0.3 is 0 Å². The Hall–Kier alpha value is -0.226. The minimum Gasteiger partial charge on any atom is -0.521 e. The summed E-state index contributed by atoms with van der Waals surface area (Å²) in [6.45, 7) is 17.3. The molecule has 0 spiro atoms. The molecule has 0 N–H and O–H groups in total. The second-order valence-corrected chi connectivity index (χ2v) is 15.0. The largest absolute Gasteiger partial charge is 0.521 e. The quantitative estimate of drug-likeness (QED) is 0.535. The molecular formula is C11H26O2Si2. The van der Waals surface area contributed by atoms with Gasteiger partial charge in [-0.15, -0.1) is 0 Å². The molecule has 0 rings (SSSR count). The Morgan fingerprint density at radius 2 is 1.20 bits per heavy atom. The van der Waals surface area contributed by atoms with E-state index in [0.29, 0.717) is 5.92 Å². The highest BCUT2D eigenvalue weighted by Gasteiger charge is 2.23. The highest BCUT2D eigenvalue weighted by molar-refractivity contribution is 6.71. The zero-order valence-corrected chi connectivity index (χ0v) is 13.5. The molecule has 0 atom stereocenters. The molecule has 0 bridgehead atoms. The van der Waals surface area contributed by atoms with Crippen molar-refractivity contribution in [2.75, 3.05) is 0 Å². The van der Waals surface area contributed by atoms with E-state index in [4.69, 9.17) is 8.85 Å². The van der Waals surface area contributed by atoms with Crippen molar-refractivity contribution in [3.8, 4) is 0 Å². The van der Waals surface area contributed by atoms with Crippen molar-refractivity contribution in [1.82, 2.24) is 0 Å². The highest BCUT2D eigenvalue weighted by Crippen LogP contribution is 2.18. The first-order valence-corrected chi connectivity index (χ1v) is 12.4. The monoisotopic (exact) mass is 246 g/mol. The molecular weight excluding hydrogens is 220 g/mol. The lowest BCUT2D eigenvalue weighted by Crippen LogP contribution is -2.31. The molecule has 4 heteroatoms. The van der Waals surface area contributed by atoms with E-state index in [2.05, 4.69) is 59.2 Å². The lowest BCUT2D eigenvalue weighted by Gasteiger charge is -2.27. The second-order valence-electron chi connectivity index (χ2n) is 6.16. The van der Waals surface area contributed by atoms with E-state index in [1.54, 1.807) is 0 Å². The van der Waals surface area contributed by atoms with Crippen molar-refractivity contribution in [1.29, 1.82) is 0 Å². The van der Waals surface area contributed by atoms with Gasteiger partial charge in [-0.1, -0.05) is 13.8 Å². The molecule has 0 aromatic rings. The molecule has 15 heavy (non-hydrogen) atoms.